The molecule has 0 saturated heterocycles. The minimum atomic E-state index is -0.972. The average molecular weight is 740 g/mol. The van der Waals surface area contributed by atoms with Crippen molar-refractivity contribution in [3.05, 3.63) is 128 Å². The molecular weight excluding hydrogens is 716 g/mol. The highest BCUT2D eigenvalue weighted by atomic mass is 79.9. The topological polar surface area (TPSA) is 129 Å². The molecule has 6 rings (SSSR count). The summed E-state index contributed by atoms with van der Waals surface area (Å²) in [5.41, 5.74) is 1.60. The molecule has 3 aromatic heterocycles. The van der Waals surface area contributed by atoms with E-state index in [-0.39, 0.29) is 17.7 Å². The smallest absolute Gasteiger partial charge is 0.338 e. The normalized spacial score (nSPS) is 14.6. The Kier molecular flexibility index (Phi) is 9.18. The molecule has 0 spiro atoms. The first kappa shape index (κ1) is 31.8. The Hall–Kier alpha value is -4.17. The Labute approximate surface area is 283 Å². The molecule has 10 nitrogen and oxygen atoms in total. The van der Waals surface area contributed by atoms with Crippen LogP contribution in [0.2, 0.25) is 5.02 Å². The van der Waals surface area contributed by atoms with Crippen LogP contribution in [-0.2, 0) is 9.53 Å². The van der Waals surface area contributed by atoms with Gasteiger partial charge in [-0.05, 0) is 65.8 Å². The van der Waals surface area contributed by atoms with Gasteiger partial charge in [-0.15, -0.1) is 0 Å². The van der Waals surface area contributed by atoms with E-state index in [9.17, 15) is 14.4 Å². The number of furan rings is 1. The van der Waals surface area contributed by atoms with Crippen molar-refractivity contribution in [3.8, 4) is 5.75 Å². The molecular formula is C32H24BrClN4O6S2. The van der Waals surface area contributed by atoms with E-state index in [0.29, 0.717) is 63.1 Å². The zero-order valence-electron chi connectivity index (χ0n) is 24.5. The van der Waals surface area contributed by atoms with Crippen molar-refractivity contribution in [1.82, 2.24) is 14.5 Å². The molecule has 0 aliphatic carbocycles. The fourth-order valence-electron chi connectivity index (χ4n) is 4.98. The first-order chi connectivity index (χ1) is 22.2. The first-order valence-electron chi connectivity index (χ1n) is 13.8. The van der Waals surface area contributed by atoms with Crippen molar-refractivity contribution in [2.75, 3.05) is 13.7 Å². The van der Waals surface area contributed by atoms with Gasteiger partial charge in [-0.2, -0.15) is 0 Å². The summed E-state index contributed by atoms with van der Waals surface area (Å²) in [5, 5.41) is 1.20. The number of rotatable bonds is 8. The van der Waals surface area contributed by atoms with Crippen LogP contribution < -0.4 is 25.2 Å². The van der Waals surface area contributed by atoms with Gasteiger partial charge in [0.2, 0.25) is 0 Å². The lowest BCUT2D eigenvalue weighted by Crippen LogP contribution is -2.40. The van der Waals surface area contributed by atoms with Gasteiger partial charge < -0.3 is 18.9 Å². The highest BCUT2D eigenvalue weighted by Crippen LogP contribution is 2.40. The van der Waals surface area contributed by atoms with E-state index in [1.807, 2.05) is 30.3 Å². The molecule has 0 unspecified atom stereocenters. The van der Waals surface area contributed by atoms with Gasteiger partial charge in [0.05, 0.1) is 34.0 Å². The highest BCUT2D eigenvalue weighted by molar-refractivity contribution is 9.10. The van der Waals surface area contributed by atoms with Crippen LogP contribution in [0.4, 0.5) is 0 Å². The number of fused-ring (bicyclic) bond motifs is 1. The maximum absolute atomic E-state index is 14.2. The summed E-state index contributed by atoms with van der Waals surface area (Å²) < 4.78 is 19.6. The molecule has 1 aliphatic heterocycles. The quantitative estimate of drug-likeness (QED) is 0.163. The monoisotopic (exact) mass is 738 g/mol. The van der Waals surface area contributed by atoms with Gasteiger partial charge in [-0.25, -0.2) is 14.8 Å². The molecule has 0 fully saturated rings. The van der Waals surface area contributed by atoms with Crippen LogP contribution >= 0.6 is 50.6 Å². The molecule has 46 heavy (non-hydrogen) atoms. The number of carbonyl (C=O) groups is 1. The molecule has 2 aromatic carbocycles. The Morgan fingerprint density at radius 1 is 1.20 bits per heavy atom. The van der Waals surface area contributed by atoms with Gasteiger partial charge in [0.15, 0.2) is 15.1 Å². The van der Waals surface area contributed by atoms with Crippen LogP contribution in [0.3, 0.4) is 0 Å². The molecule has 5 aromatic rings. The minimum absolute atomic E-state index is 0.119. The predicted octanol–water partition coefficient (Wildman–Crippen LogP) is 5.50. The third-order valence-corrected chi connectivity index (χ3v) is 9.79. The van der Waals surface area contributed by atoms with Crippen molar-refractivity contribution in [3.63, 3.8) is 0 Å². The lowest BCUT2D eigenvalue weighted by molar-refractivity contribution is -0.138. The number of ether oxygens (including phenoxy) is 2. The van der Waals surface area contributed by atoms with Gasteiger partial charge in [-0.1, -0.05) is 53.3 Å². The third kappa shape index (κ3) is 6.27. The van der Waals surface area contributed by atoms with E-state index in [0.717, 1.165) is 23.1 Å². The Bertz CT molecular complexity index is 2260. The zero-order valence-corrected chi connectivity index (χ0v) is 28.5. The molecule has 0 amide bonds. The SMILES string of the molecule is CCOC(=O)C1=C(c2ccccc2)N=c2s/c(=C\c3cc(Br)c(Sc4nc(C)cc(=O)[nH]4)o3)c(=O)n2[C@H]1c1cc(Cl)ccc1OC. The Morgan fingerprint density at radius 3 is 2.70 bits per heavy atom. The van der Waals surface area contributed by atoms with Crippen molar-refractivity contribution < 1.29 is 18.7 Å². The maximum atomic E-state index is 14.2. The number of thiazole rings is 1. The molecule has 1 N–H and O–H groups in total. The molecule has 0 saturated carbocycles. The molecule has 1 aliphatic rings. The van der Waals surface area contributed by atoms with Gasteiger partial charge >= 0.3 is 5.97 Å². The summed E-state index contributed by atoms with van der Waals surface area (Å²) in [4.78, 5) is 52.1. The molecule has 0 bridgehead atoms. The van der Waals surface area contributed by atoms with Crippen LogP contribution in [0, 0.1) is 6.92 Å². The molecule has 14 heteroatoms. The number of carbonyl (C=O) groups excluding carboxylic acids is 1. The van der Waals surface area contributed by atoms with E-state index in [1.54, 1.807) is 44.2 Å². The number of methoxy groups -OCH3 is 1. The second-order valence-corrected chi connectivity index (χ2v) is 13.2. The molecule has 1 atom stereocenters. The first-order valence-corrected chi connectivity index (χ1v) is 16.6. The summed E-state index contributed by atoms with van der Waals surface area (Å²) in [7, 11) is 1.51. The lowest BCUT2D eigenvalue weighted by Gasteiger charge is -2.27. The van der Waals surface area contributed by atoms with E-state index < -0.39 is 17.6 Å². The summed E-state index contributed by atoms with van der Waals surface area (Å²) in [5.74, 6) is 0.185. The van der Waals surface area contributed by atoms with Crippen molar-refractivity contribution in [1.29, 1.82) is 0 Å². The zero-order chi connectivity index (χ0) is 32.5. The van der Waals surface area contributed by atoms with Gasteiger partial charge in [-0.3, -0.25) is 14.2 Å². The molecule has 4 heterocycles. The van der Waals surface area contributed by atoms with Crippen LogP contribution in [0.1, 0.15) is 35.5 Å². The second-order valence-electron chi connectivity index (χ2n) is 9.90. The number of halogens is 2. The van der Waals surface area contributed by atoms with E-state index in [4.69, 9.17) is 30.5 Å². The highest BCUT2D eigenvalue weighted by Gasteiger charge is 2.37. The standard InChI is InChI=1S/C32H24BrClN4O6S2/c1-4-43-29(41)25-26(17-8-6-5-7-9-17)37-32-38(27(25)20-13-18(34)10-11-22(20)42-3)28(40)23(45-32)15-19-14-21(33)30(44-19)46-31-35-16(2)12-24(39)36-31/h5-15,27H,4H2,1-3H3,(H,35,36,39)/b23-15-/t27-/m0/s1. The van der Waals surface area contributed by atoms with E-state index >= 15 is 0 Å². The summed E-state index contributed by atoms with van der Waals surface area (Å²) in [6.07, 6.45) is 1.60. The summed E-state index contributed by atoms with van der Waals surface area (Å²) in [6, 6.07) is 16.4. The largest absolute Gasteiger partial charge is 0.496 e. The van der Waals surface area contributed by atoms with Crippen LogP contribution in [0.25, 0.3) is 11.8 Å². The Morgan fingerprint density at radius 2 is 1.98 bits per heavy atom. The average Bonchev–Trinajstić information content (AvgIpc) is 3.53. The number of benzene rings is 2. The lowest BCUT2D eigenvalue weighted by atomic mass is 9.92. The number of hydrogen-bond acceptors (Lipinski definition) is 10. The number of nitrogens with one attached hydrogen (secondary N) is 1. The van der Waals surface area contributed by atoms with Crippen LogP contribution in [0.15, 0.2) is 100.0 Å². The number of nitrogens with zero attached hydrogens (tertiary/aromatic N) is 3. The van der Waals surface area contributed by atoms with Crippen molar-refractivity contribution >= 4 is 68.4 Å². The number of H-pyrrole nitrogens is 1. The van der Waals surface area contributed by atoms with E-state index in [2.05, 4.69) is 25.9 Å². The van der Waals surface area contributed by atoms with Gasteiger partial charge in [0.25, 0.3) is 11.1 Å². The maximum Gasteiger partial charge on any atom is 0.338 e. The third-order valence-electron chi connectivity index (χ3n) is 6.85. The second kappa shape index (κ2) is 13.3. The van der Waals surface area contributed by atoms with Crippen molar-refractivity contribution in [2.45, 2.75) is 30.1 Å². The number of aromatic nitrogens is 3. The Balaban J connectivity index is 1.56. The fourth-order valence-corrected chi connectivity index (χ4v) is 7.50. The predicted molar refractivity (Wildman–Crippen MR) is 179 cm³/mol. The van der Waals surface area contributed by atoms with Gasteiger partial charge in [0.1, 0.15) is 17.6 Å². The summed E-state index contributed by atoms with van der Waals surface area (Å²) in [6.45, 7) is 3.56. The van der Waals surface area contributed by atoms with Gasteiger partial charge in [0, 0.05) is 34.0 Å². The molecule has 0 radical (unpaired) electrons. The number of esters is 1. The van der Waals surface area contributed by atoms with E-state index in [1.165, 1.54) is 17.7 Å². The molecule has 234 valence electrons. The minimum Gasteiger partial charge on any atom is -0.496 e. The fraction of sp³-hybridized carbons (Fsp3) is 0.156. The number of hydrogen-bond donors (Lipinski definition) is 1. The van der Waals surface area contributed by atoms with Crippen molar-refractivity contribution in [2.24, 2.45) is 4.99 Å². The number of aromatic amines is 1. The van der Waals surface area contributed by atoms with Crippen LogP contribution in [0.5, 0.6) is 5.75 Å². The number of aryl methyl sites for hydroxylation is 1. The summed E-state index contributed by atoms with van der Waals surface area (Å²) >= 11 is 12.2. The van der Waals surface area contributed by atoms with Crippen LogP contribution in [-0.4, -0.2) is 34.2 Å².